The number of carbonyl (C=O) groups is 1. The lowest BCUT2D eigenvalue weighted by atomic mass is 9.99. The normalized spacial score (nSPS) is 20.5. The molecule has 0 aromatic carbocycles. The Bertz CT molecular complexity index is 1610. The third-order valence-corrected chi connectivity index (χ3v) is 11.9. The number of nitrogens with one attached hydrogen (secondary N) is 1. The van der Waals surface area contributed by atoms with E-state index in [2.05, 4.69) is 153 Å². The number of carbonyl (C=O) groups excluding carboxylic acids is 1. The molecule has 1 saturated heterocycles. The number of ether oxygens (including phenoxy) is 2. The molecule has 9 nitrogen and oxygen atoms in total. The molecule has 1 fully saturated rings. The SMILES string of the molecule is CC/C=C\C/C=C\C/C=C\C/C=C\C/C=C\C/C=C\C/C=C\C/C=C\C/C=C\C/C=C\C/C=C\CCCCCC(=O)NC(COC1OC(CO)C(O)C(O)C1O)C(O)/C=C/CCCCCCCCCCC. The molecular formula is C62H99NO8. The molecule has 9 heteroatoms. The highest BCUT2D eigenvalue weighted by Crippen LogP contribution is 2.22. The second-order valence-corrected chi connectivity index (χ2v) is 18.3. The molecule has 1 aliphatic rings. The molecule has 0 saturated carbocycles. The number of hydrogen-bond acceptors (Lipinski definition) is 8. The number of aliphatic hydroxyl groups is 5. The van der Waals surface area contributed by atoms with Gasteiger partial charge in [0, 0.05) is 6.42 Å². The van der Waals surface area contributed by atoms with Crippen LogP contribution in [0, 0.1) is 0 Å². The first-order valence-electron chi connectivity index (χ1n) is 27.6. The number of allylic oxidation sites excluding steroid dienone is 23. The summed E-state index contributed by atoms with van der Waals surface area (Å²) in [5.74, 6) is -0.217. The third-order valence-electron chi connectivity index (χ3n) is 11.9. The summed E-state index contributed by atoms with van der Waals surface area (Å²) in [4.78, 5) is 13.0. The van der Waals surface area contributed by atoms with Crippen LogP contribution in [0.15, 0.2) is 146 Å². The van der Waals surface area contributed by atoms with Crippen molar-refractivity contribution in [3.05, 3.63) is 146 Å². The molecule has 7 atom stereocenters. The van der Waals surface area contributed by atoms with Crippen molar-refractivity contribution < 1.29 is 39.8 Å². The zero-order chi connectivity index (χ0) is 51.5. The Kier molecular flexibility index (Phi) is 45.5. The average Bonchev–Trinajstić information content (AvgIpc) is 3.37. The molecule has 6 N–H and O–H groups in total. The van der Waals surface area contributed by atoms with Crippen LogP contribution < -0.4 is 5.32 Å². The zero-order valence-electron chi connectivity index (χ0n) is 44.2. The van der Waals surface area contributed by atoms with Crippen molar-refractivity contribution in [3.63, 3.8) is 0 Å². The number of amides is 1. The van der Waals surface area contributed by atoms with E-state index in [1.54, 1.807) is 6.08 Å². The van der Waals surface area contributed by atoms with Crippen molar-refractivity contribution >= 4 is 5.91 Å². The van der Waals surface area contributed by atoms with Gasteiger partial charge in [0.15, 0.2) is 6.29 Å². The minimum Gasteiger partial charge on any atom is -0.394 e. The summed E-state index contributed by atoms with van der Waals surface area (Å²) < 4.78 is 11.2. The van der Waals surface area contributed by atoms with E-state index in [1.165, 1.54) is 44.9 Å². The van der Waals surface area contributed by atoms with E-state index in [0.717, 1.165) is 109 Å². The summed E-state index contributed by atoms with van der Waals surface area (Å²) in [5.41, 5.74) is 0. The predicted octanol–water partition coefficient (Wildman–Crippen LogP) is 13.5. The lowest BCUT2D eigenvalue weighted by molar-refractivity contribution is -0.302. The molecule has 0 spiro atoms. The molecule has 71 heavy (non-hydrogen) atoms. The molecule has 1 amide bonds. The molecule has 0 aromatic rings. The summed E-state index contributed by atoms with van der Waals surface area (Å²) in [6.07, 6.45) is 70.6. The fraction of sp³-hybridized carbons (Fsp3) is 0.597. The Morgan fingerprint density at radius 2 is 0.873 bits per heavy atom. The average molecular weight is 986 g/mol. The maximum absolute atomic E-state index is 13.0. The predicted molar refractivity (Wildman–Crippen MR) is 299 cm³/mol. The Hall–Kier alpha value is -3.93. The Morgan fingerprint density at radius 1 is 0.493 bits per heavy atom. The van der Waals surface area contributed by atoms with E-state index in [1.807, 2.05) is 6.08 Å². The van der Waals surface area contributed by atoms with Crippen molar-refractivity contribution in [3.8, 4) is 0 Å². The third kappa shape index (κ3) is 39.3. The highest BCUT2D eigenvalue weighted by atomic mass is 16.7. The highest BCUT2D eigenvalue weighted by Gasteiger charge is 2.44. The topological polar surface area (TPSA) is 149 Å². The molecular weight excluding hydrogens is 887 g/mol. The van der Waals surface area contributed by atoms with Crippen LogP contribution in [0.2, 0.25) is 0 Å². The van der Waals surface area contributed by atoms with Crippen molar-refractivity contribution in [2.45, 2.75) is 224 Å². The highest BCUT2D eigenvalue weighted by molar-refractivity contribution is 5.76. The first-order chi connectivity index (χ1) is 34.8. The van der Waals surface area contributed by atoms with Gasteiger partial charge in [0.1, 0.15) is 24.4 Å². The van der Waals surface area contributed by atoms with Crippen molar-refractivity contribution in [1.29, 1.82) is 0 Å². The Balaban J connectivity index is 2.22. The van der Waals surface area contributed by atoms with Crippen LogP contribution in [0.1, 0.15) is 181 Å². The molecule has 1 rings (SSSR count). The monoisotopic (exact) mass is 986 g/mol. The van der Waals surface area contributed by atoms with Gasteiger partial charge in [-0.3, -0.25) is 4.79 Å². The summed E-state index contributed by atoms with van der Waals surface area (Å²) in [6, 6.07) is -0.832. The zero-order valence-corrected chi connectivity index (χ0v) is 44.2. The van der Waals surface area contributed by atoms with E-state index in [0.29, 0.717) is 12.8 Å². The fourth-order valence-corrected chi connectivity index (χ4v) is 7.57. The lowest BCUT2D eigenvalue weighted by Crippen LogP contribution is -2.60. The fourth-order valence-electron chi connectivity index (χ4n) is 7.57. The molecule has 0 radical (unpaired) electrons. The van der Waals surface area contributed by atoms with Crippen molar-refractivity contribution in [1.82, 2.24) is 5.32 Å². The molecule has 7 unspecified atom stereocenters. The van der Waals surface area contributed by atoms with Gasteiger partial charge in [0.25, 0.3) is 0 Å². The van der Waals surface area contributed by atoms with E-state index >= 15 is 0 Å². The first-order valence-corrected chi connectivity index (χ1v) is 27.6. The molecule has 0 aliphatic carbocycles. The number of hydrogen-bond donors (Lipinski definition) is 6. The second kappa shape index (κ2) is 49.6. The van der Waals surface area contributed by atoms with Crippen LogP contribution in [0.5, 0.6) is 0 Å². The second-order valence-electron chi connectivity index (χ2n) is 18.3. The quantitative estimate of drug-likeness (QED) is 0.0261. The number of unbranched alkanes of at least 4 members (excludes halogenated alkanes) is 12. The molecule has 1 aliphatic heterocycles. The summed E-state index contributed by atoms with van der Waals surface area (Å²) in [7, 11) is 0. The minimum atomic E-state index is -1.58. The van der Waals surface area contributed by atoms with Gasteiger partial charge in [-0.15, -0.1) is 0 Å². The molecule has 1 heterocycles. The maximum atomic E-state index is 13.0. The van der Waals surface area contributed by atoms with Gasteiger partial charge >= 0.3 is 0 Å². The van der Waals surface area contributed by atoms with Crippen molar-refractivity contribution in [2.75, 3.05) is 13.2 Å². The van der Waals surface area contributed by atoms with Gasteiger partial charge in [0.2, 0.25) is 5.91 Å². The van der Waals surface area contributed by atoms with Crippen LogP contribution in [-0.2, 0) is 14.3 Å². The van der Waals surface area contributed by atoms with Gasteiger partial charge in [-0.2, -0.15) is 0 Å². The first kappa shape index (κ1) is 65.1. The van der Waals surface area contributed by atoms with E-state index in [-0.39, 0.29) is 12.5 Å². The molecule has 400 valence electrons. The van der Waals surface area contributed by atoms with E-state index in [4.69, 9.17) is 9.47 Å². The summed E-state index contributed by atoms with van der Waals surface area (Å²) >= 11 is 0. The van der Waals surface area contributed by atoms with Gasteiger partial charge in [-0.1, -0.05) is 217 Å². The van der Waals surface area contributed by atoms with Gasteiger partial charge in [-0.25, -0.2) is 0 Å². The smallest absolute Gasteiger partial charge is 0.220 e. The molecule has 0 bridgehead atoms. The van der Waals surface area contributed by atoms with Crippen LogP contribution in [0.4, 0.5) is 0 Å². The van der Waals surface area contributed by atoms with Gasteiger partial charge in [-0.05, 0) is 103 Å². The van der Waals surface area contributed by atoms with Gasteiger partial charge < -0.3 is 40.3 Å². The van der Waals surface area contributed by atoms with Crippen LogP contribution >= 0.6 is 0 Å². The minimum absolute atomic E-state index is 0.212. The van der Waals surface area contributed by atoms with Crippen LogP contribution in [0.3, 0.4) is 0 Å². The van der Waals surface area contributed by atoms with Crippen molar-refractivity contribution in [2.24, 2.45) is 0 Å². The van der Waals surface area contributed by atoms with Crippen LogP contribution in [0.25, 0.3) is 0 Å². The number of aliphatic hydroxyl groups excluding tert-OH is 5. The Morgan fingerprint density at radius 3 is 1.30 bits per heavy atom. The van der Waals surface area contributed by atoms with E-state index in [9.17, 15) is 30.3 Å². The van der Waals surface area contributed by atoms with Gasteiger partial charge in [0.05, 0.1) is 25.4 Å². The van der Waals surface area contributed by atoms with E-state index < -0.39 is 49.5 Å². The molecule has 0 aromatic heterocycles. The largest absolute Gasteiger partial charge is 0.394 e. The standard InChI is InChI=1S/C62H99NO8/c1-3-5-7-9-11-13-15-16-17-18-19-20-21-22-23-24-25-26-27-28-29-30-31-32-33-34-35-36-37-38-39-40-42-44-46-48-50-52-58(66)63-55(54-70-62-61(69)60(68)59(67)57(53-64)71-62)56(65)51-49-47-45-43-41-14-12-10-8-6-4-2/h5,7,11,13,16-17,19-20,22-23,25-26,28-29,31-32,34-35,37-38,40,42,49,51,55-57,59-62,64-65,67-69H,3-4,6,8-10,12,14-15,18,21,24,27,30,33,36,39,41,43-48,50,52-54H2,1-2H3,(H,63,66)/b7-5-,13-11-,17-16-,20-19-,23-22-,26-25-,29-28-,32-31-,35-34-,38-37-,42-40-,51-49+. The number of rotatable bonds is 44. The summed E-state index contributed by atoms with van der Waals surface area (Å²) in [6.45, 7) is 3.60. The lowest BCUT2D eigenvalue weighted by Gasteiger charge is -2.40. The Labute approximate surface area is 432 Å². The summed E-state index contributed by atoms with van der Waals surface area (Å²) in [5, 5.41) is 54.2. The van der Waals surface area contributed by atoms with Crippen LogP contribution in [-0.4, -0.2) is 87.5 Å². The maximum Gasteiger partial charge on any atom is 0.220 e.